The Bertz CT molecular complexity index is 728. The molecule has 0 aromatic heterocycles. The molecule has 0 saturated carbocycles. The monoisotopic (exact) mass is 272 g/mol. The molecule has 0 heteroatoms. The minimum atomic E-state index is 0.102. The second-order valence-electron chi connectivity index (χ2n) is 6.09. The molecule has 21 heavy (non-hydrogen) atoms. The van der Waals surface area contributed by atoms with Crippen molar-refractivity contribution in [3.63, 3.8) is 0 Å². The molecule has 0 unspecified atom stereocenters. The average Bonchev–Trinajstić information content (AvgIpc) is 2.77. The zero-order chi connectivity index (χ0) is 14.9. The van der Waals surface area contributed by atoms with Crippen LogP contribution in [-0.2, 0) is 5.41 Å². The van der Waals surface area contributed by atoms with Crippen molar-refractivity contribution in [3.8, 4) is 0 Å². The first-order valence-electron chi connectivity index (χ1n) is 7.33. The Morgan fingerprint density at radius 2 is 1.62 bits per heavy atom. The second kappa shape index (κ2) is 5.21. The van der Waals surface area contributed by atoms with Gasteiger partial charge in [0.05, 0.1) is 0 Å². The SMILES string of the molecule is C=C(/C=C\C1=CC(C)(C)c2ccccc21)c1ccccc1. The Morgan fingerprint density at radius 3 is 2.38 bits per heavy atom. The van der Waals surface area contributed by atoms with Gasteiger partial charge in [0.25, 0.3) is 0 Å². The van der Waals surface area contributed by atoms with Crippen LogP contribution in [0.2, 0.25) is 0 Å². The Balaban J connectivity index is 1.90. The Morgan fingerprint density at radius 1 is 0.952 bits per heavy atom. The van der Waals surface area contributed by atoms with E-state index in [0.717, 1.165) is 5.57 Å². The Kier molecular flexibility index (Phi) is 3.39. The fourth-order valence-electron chi connectivity index (χ4n) is 2.92. The highest BCUT2D eigenvalue weighted by molar-refractivity contribution is 5.85. The standard InChI is InChI=1S/C21H20/c1-16(17-9-5-4-6-10-17)13-14-18-15-21(2,3)20-12-8-7-11-19(18)20/h4-15H,1H2,2-3H3/b14-13-. The van der Waals surface area contributed by atoms with Gasteiger partial charge in [-0.15, -0.1) is 0 Å². The molecule has 0 aliphatic heterocycles. The predicted octanol–water partition coefficient (Wildman–Crippen LogP) is 5.63. The molecule has 0 spiro atoms. The lowest BCUT2D eigenvalue weighted by atomic mass is 9.87. The van der Waals surface area contributed by atoms with E-state index >= 15 is 0 Å². The number of hydrogen-bond donors (Lipinski definition) is 0. The van der Waals surface area contributed by atoms with Gasteiger partial charge in [-0.05, 0) is 27.8 Å². The minimum Gasteiger partial charge on any atom is -0.0912 e. The van der Waals surface area contributed by atoms with Crippen LogP contribution < -0.4 is 0 Å². The molecule has 0 heterocycles. The first-order valence-corrected chi connectivity index (χ1v) is 7.33. The van der Waals surface area contributed by atoms with Crippen LogP contribution in [0.3, 0.4) is 0 Å². The summed E-state index contributed by atoms with van der Waals surface area (Å²) >= 11 is 0. The maximum Gasteiger partial charge on any atom is 0.00906 e. The van der Waals surface area contributed by atoms with Crippen LogP contribution in [0, 0.1) is 0 Å². The highest BCUT2D eigenvalue weighted by atomic mass is 14.3. The van der Waals surface area contributed by atoms with E-state index in [9.17, 15) is 0 Å². The van der Waals surface area contributed by atoms with E-state index in [4.69, 9.17) is 0 Å². The topological polar surface area (TPSA) is 0 Å². The third-order valence-corrected chi connectivity index (χ3v) is 4.06. The fourth-order valence-corrected chi connectivity index (χ4v) is 2.92. The fraction of sp³-hybridized carbons (Fsp3) is 0.143. The molecule has 2 aromatic carbocycles. The minimum absolute atomic E-state index is 0.102. The lowest BCUT2D eigenvalue weighted by Gasteiger charge is -2.16. The zero-order valence-corrected chi connectivity index (χ0v) is 12.6. The molecule has 0 atom stereocenters. The zero-order valence-electron chi connectivity index (χ0n) is 12.6. The summed E-state index contributed by atoms with van der Waals surface area (Å²) in [6.07, 6.45) is 6.63. The highest BCUT2D eigenvalue weighted by Gasteiger charge is 2.27. The third kappa shape index (κ3) is 2.62. The van der Waals surface area contributed by atoms with Crippen molar-refractivity contribution in [1.82, 2.24) is 0 Å². The van der Waals surface area contributed by atoms with E-state index in [1.54, 1.807) is 0 Å². The van der Waals surface area contributed by atoms with Crippen molar-refractivity contribution in [2.24, 2.45) is 0 Å². The van der Waals surface area contributed by atoms with Gasteiger partial charge < -0.3 is 0 Å². The normalized spacial score (nSPS) is 15.8. The molecule has 104 valence electrons. The van der Waals surface area contributed by atoms with Gasteiger partial charge in [0.15, 0.2) is 0 Å². The smallest absolute Gasteiger partial charge is 0.00906 e. The first kappa shape index (κ1) is 13.6. The lowest BCUT2D eigenvalue weighted by molar-refractivity contribution is 0.683. The van der Waals surface area contributed by atoms with Gasteiger partial charge in [0.2, 0.25) is 0 Å². The van der Waals surface area contributed by atoms with Crippen molar-refractivity contribution < 1.29 is 0 Å². The molecule has 0 fully saturated rings. The molecule has 1 aliphatic carbocycles. The second-order valence-corrected chi connectivity index (χ2v) is 6.09. The number of allylic oxidation sites excluding steroid dienone is 5. The van der Waals surface area contributed by atoms with E-state index < -0.39 is 0 Å². The van der Waals surface area contributed by atoms with Crippen molar-refractivity contribution in [3.05, 3.63) is 96.1 Å². The molecule has 3 rings (SSSR count). The van der Waals surface area contributed by atoms with Crippen LogP contribution >= 0.6 is 0 Å². The van der Waals surface area contributed by atoms with E-state index in [2.05, 4.69) is 75.1 Å². The van der Waals surface area contributed by atoms with Crippen molar-refractivity contribution in [1.29, 1.82) is 0 Å². The van der Waals surface area contributed by atoms with Crippen LogP contribution in [0.5, 0.6) is 0 Å². The summed E-state index contributed by atoms with van der Waals surface area (Å²) < 4.78 is 0. The molecule has 0 amide bonds. The number of hydrogen-bond acceptors (Lipinski definition) is 0. The maximum absolute atomic E-state index is 4.16. The largest absolute Gasteiger partial charge is 0.0912 e. The summed E-state index contributed by atoms with van der Waals surface area (Å²) in [5, 5.41) is 0. The van der Waals surface area contributed by atoms with E-state index in [1.807, 2.05) is 18.2 Å². The molecule has 0 N–H and O–H groups in total. The molecule has 2 aromatic rings. The molecule has 0 nitrogen and oxygen atoms in total. The van der Waals surface area contributed by atoms with E-state index in [0.29, 0.717) is 0 Å². The highest BCUT2D eigenvalue weighted by Crippen LogP contribution is 2.40. The van der Waals surface area contributed by atoms with Gasteiger partial charge in [0, 0.05) is 5.41 Å². The Hall–Kier alpha value is -2.34. The summed E-state index contributed by atoms with van der Waals surface area (Å²) in [5.74, 6) is 0. The molecule has 0 radical (unpaired) electrons. The molecule has 1 aliphatic rings. The van der Waals surface area contributed by atoms with E-state index in [1.165, 1.54) is 22.3 Å². The Labute approximate surface area is 127 Å². The van der Waals surface area contributed by atoms with Crippen molar-refractivity contribution in [2.45, 2.75) is 19.3 Å². The van der Waals surface area contributed by atoms with Gasteiger partial charge in [0.1, 0.15) is 0 Å². The maximum atomic E-state index is 4.16. The predicted molar refractivity (Wildman–Crippen MR) is 92.1 cm³/mol. The molecular weight excluding hydrogens is 252 g/mol. The summed E-state index contributed by atoms with van der Waals surface area (Å²) in [4.78, 5) is 0. The van der Waals surface area contributed by atoms with Gasteiger partial charge in [-0.2, -0.15) is 0 Å². The van der Waals surface area contributed by atoms with E-state index in [-0.39, 0.29) is 5.41 Å². The summed E-state index contributed by atoms with van der Waals surface area (Å²) in [7, 11) is 0. The van der Waals surface area contributed by atoms with Crippen LogP contribution in [0.1, 0.15) is 30.5 Å². The summed E-state index contributed by atoms with van der Waals surface area (Å²) in [6.45, 7) is 8.69. The van der Waals surface area contributed by atoms with Gasteiger partial charge in [-0.25, -0.2) is 0 Å². The molecule has 0 bridgehead atoms. The van der Waals surface area contributed by atoms with Crippen molar-refractivity contribution in [2.75, 3.05) is 0 Å². The van der Waals surface area contributed by atoms with Crippen LogP contribution in [0.15, 0.2) is 79.4 Å². The van der Waals surface area contributed by atoms with Crippen LogP contribution in [0.4, 0.5) is 0 Å². The molecule has 0 saturated heterocycles. The van der Waals surface area contributed by atoms with Gasteiger partial charge in [-0.3, -0.25) is 0 Å². The average molecular weight is 272 g/mol. The van der Waals surface area contributed by atoms with Gasteiger partial charge in [-0.1, -0.05) is 93.3 Å². The van der Waals surface area contributed by atoms with Crippen molar-refractivity contribution >= 4 is 11.1 Å². The summed E-state index contributed by atoms with van der Waals surface area (Å²) in [5.41, 5.74) is 6.32. The number of fused-ring (bicyclic) bond motifs is 1. The first-order chi connectivity index (χ1) is 10.1. The van der Waals surface area contributed by atoms with Crippen LogP contribution in [0.25, 0.3) is 11.1 Å². The third-order valence-electron chi connectivity index (χ3n) is 4.06. The van der Waals surface area contributed by atoms with Crippen LogP contribution in [-0.4, -0.2) is 0 Å². The molecular formula is C21H20. The van der Waals surface area contributed by atoms with Gasteiger partial charge >= 0.3 is 0 Å². The lowest BCUT2D eigenvalue weighted by Crippen LogP contribution is -2.10. The number of benzene rings is 2. The quantitative estimate of drug-likeness (QED) is 0.635. The summed E-state index contributed by atoms with van der Waals surface area (Å²) in [6, 6.07) is 18.9. The number of rotatable bonds is 3.